The summed E-state index contributed by atoms with van der Waals surface area (Å²) in [6.07, 6.45) is 4.63. The van der Waals surface area contributed by atoms with Gasteiger partial charge >= 0.3 is 12.1 Å². The minimum atomic E-state index is -4.44. The Labute approximate surface area is 225 Å². The zero-order valence-corrected chi connectivity index (χ0v) is 21.7. The van der Waals surface area contributed by atoms with E-state index in [1.54, 1.807) is 24.4 Å². The molecule has 1 saturated heterocycles. The van der Waals surface area contributed by atoms with Gasteiger partial charge < -0.3 is 24.7 Å². The smallest absolute Gasteiger partial charge is 0.433 e. The summed E-state index contributed by atoms with van der Waals surface area (Å²) in [5, 5.41) is 7.26. The van der Waals surface area contributed by atoms with Crippen molar-refractivity contribution < 1.29 is 27.1 Å². The molecule has 0 amide bonds. The zero-order chi connectivity index (χ0) is 27.4. The first-order chi connectivity index (χ1) is 18.8. The van der Waals surface area contributed by atoms with E-state index >= 15 is 0 Å². The van der Waals surface area contributed by atoms with Crippen LogP contribution in [0, 0.1) is 0 Å². The Bertz CT molecular complexity index is 1260. The number of nitrogens with one attached hydrogen (secondary N) is 2. The number of piperidine rings is 1. The van der Waals surface area contributed by atoms with Crippen molar-refractivity contribution in [3.63, 3.8) is 0 Å². The van der Waals surface area contributed by atoms with Gasteiger partial charge in [0, 0.05) is 36.8 Å². The summed E-state index contributed by atoms with van der Waals surface area (Å²) in [7, 11) is 1.34. The number of pyridine rings is 1. The number of benzene rings is 1. The van der Waals surface area contributed by atoms with Crippen LogP contribution in [0.2, 0.25) is 0 Å². The largest absolute Gasteiger partial charge is 0.465 e. The van der Waals surface area contributed by atoms with E-state index < -0.39 is 17.8 Å². The molecular weight excluding hydrogens is 511 g/mol. The number of halogens is 3. The van der Waals surface area contributed by atoms with E-state index in [4.69, 9.17) is 9.15 Å². The Morgan fingerprint density at radius 1 is 1.05 bits per heavy atom. The highest BCUT2D eigenvalue weighted by atomic mass is 19.4. The van der Waals surface area contributed by atoms with Crippen LogP contribution in [-0.2, 0) is 10.9 Å². The highest BCUT2D eigenvalue weighted by Gasteiger charge is 2.33. The van der Waals surface area contributed by atoms with E-state index in [0.29, 0.717) is 29.6 Å². The second-order valence-electron chi connectivity index (χ2n) is 10.1. The second-order valence-corrected chi connectivity index (χ2v) is 10.1. The second kappa shape index (κ2) is 11.6. The van der Waals surface area contributed by atoms with Gasteiger partial charge in [0.25, 0.3) is 6.01 Å². The third kappa shape index (κ3) is 6.52. The van der Waals surface area contributed by atoms with E-state index in [9.17, 15) is 18.0 Å². The van der Waals surface area contributed by atoms with E-state index in [1.165, 1.54) is 19.4 Å². The van der Waals surface area contributed by atoms with Crippen LogP contribution >= 0.6 is 0 Å². The predicted octanol–water partition coefficient (Wildman–Crippen LogP) is 5.52. The van der Waals surface area contributed by atoms with Crippen LogP contribution < -0.4 is 15.5 Å². The van der Waals surface area contributed by atoms with Gasteiger partial charge in [0.1, 0.15) is 5.69 Å². The van der Waals surface area contributed by atoms with Crippen molar-refractivity contribution in [2.75, 3.05) is 30.4 Å². The lowest BCUT2D eigenvalue weighted by atomic mass is 9.89. The number of rotatable bonds is 7. The number of anilines is 2. The molecule has 0 bridgehead atoms. The lowest BCUT2D eigenvalue weighted by Gasteiger charge is -2.40. The Hall–Kier alpha value is -3.60. The topological polar surface area (TPSA) is 92.5 Å². The third-order valence-electron chi connectivity index (χ3n) is 7.42. The van der Waals surface area contributed by atoms with Crippen LogP contribution in [0.25, 0.3) is 11.3 Å². The molecule has 3 aromatic rings. The van der Waals surface area contributed by atoms with Gasteiger partial charge in [-0.2, -0.15) is 13.2 Å². The number of ether oxygens (including phenoxy) is 1. The molecule has 8 nitrogen and oxygen atoms in total. The summed E-state index contributed by atoms with van der Waals surface area (Å²) in [6.45, 7) is 1.49. The molecule has 3 atom stereocenters. The molecule has 208 valence electrons. The maximum atomic E-state index is 12.9. The van der Waals surface area contributed by atoms with Gasteiger partial charge in [-0.15, -0.1) is 0 Å². The number of carbonyl (C=O) groups is 1. The van der Waals surface area contributed by atoms with Crippen LogP contribution in [0.5, 0.6) is 0 Å². The normalized spacial score (nSPS) is 21.9. The van der Waals surface area contributed by atoms with Crippen LogP contribution in [0.15, 0.2) is 53.2 Å². The average molecular weight is 544 g/mol. The first-order valence-electron chi connectivity index (χ1n) is 13.3. The standard InChI is InChI=1S/C28H32F3N5O3/c1-38-26(37)19-7-4-6-18(14-19)24-16-33-27(39-24)35-23-10-3-2-9-22(23)34-20-8-5-13-36(17-20)21-11-12-25(32-15-21)28(29,30)31/h4,6-7,11-12,14-16,20,22-23,34H,2-3,5,8-10,13,17H2,1H3,(H,33,35)/t20?,22-,23-/m1/s1. The fourth-order valence-corrected chi connectivity index (χ4v) is 5.44. The van der Waals surface area contributed by atoms with Gasteiger partial charge in [0.15, 0.2) is 5.76 Å². The summed E-state index contributed by atoms with van der Waals surface area (Å²) >= 11 is 0. The van der Waals surface area contributed by atoms with Gasteiger partial charge in [0.05, 0.1) is 30.8 Å². The highest BCUT2D eigenvalue weighted by Crippen LogP contribution is 2.30. The minimum Gasteiger partial charge on any atom is -0.465 e. The minimum absolute atomic E-state index is 0.120. The van der Waals surface area contributed by atoms with E-state index in [2.05, 4.69) is 25.5 Å². The molecule has 0 spiro atoms. The maximum absolute atomic E-state index is 12.9. The monoisotopic (exact) mass is 543 g/mol. The lowest BCUT2D eigenvalue weighted by Crippen LogP contribution is -2.54. The molecule has 1 aliphatic carbocycles. The average Bonchev–Trinajstić information content (AvgIpc) is 3.42. The highest BCUT2D eigenvalue weighted by molar-refractivity contribution is 5.90. The van der Waals surface area contributed by atoms with Crippen molar-refractivity contribution in [2.45, 2.75) is 62.8 Å². The van der Waals surface area contributed by atoms with E-state index in [0.717, 1.165) is 56.7 Å². The SMILES string of the molecule is COC(=O)c1cccc(-c2cnc(N[C@@H]3CCCC[C@H]3NC3CCCN(c4ccc(C(F)(F)F)nc4)C3)o2)c1. The van der Waals surface area contributed by atoms with Crippen molar-refractivity contribution in [3.8, 4) is 11.3 Å². The number of alkyl halides is 3. The number of carbonyl (C=O) groups excluding carboxylic acids is 1. The number of aromatic nitrogens is 2. The van der Waals surface area contributed by atoms with Crippen molar-refractivity contribution in [1.82, 2.24) is 15.3 Å². The van der Waals surface area contributed by atoms with Crippen molar-refractivity contribution >= 4 is 17.7 Å². The first kappa shape index (κ1) is 27.0. The molecule has 2 aliphatic rings. The van der Waals surface area contributed by atoms with Crippen molar-refractivity contribution in [1.29, 1.82) is 0 Å². The zero-order valence-electron chi connectivity index (χ0n) is 21.7. The molecule has 0 radical (unpaired) electrons. The number of esters is 1. The molecule has 39 heavy (non-hydrogen) atoms. The molecule has 2 fully saturated rings. The van der Waals surface area contributed by atoms with Gasteiger partial charge in [-0.1, -0.05) is 25.0 Å². The van der Waals surface area contributed by atoms with Crippen molar-refractivity contribution in [3.05, 3.63) is 60.0 Å². The molecular formula is C28H32F3N5O3. The summed E-state index contributed by atoms with van der Waals surface area (Å²) in [5.41, 5.74) is 0.999. The van der Waals surface area contributed by atoms with Crippen LogP contribution in [0.3, 0.4) is 0 Å². The van der Waals surface area contributed by atoms with Gasteiger partial charge in [-0.25, -0.2) is 14.8 Å². The van der Waals surface area contributed by atoms with Crippen molar-refractivity contribution in [2.24, 2.45) is 0 Å². The van der Waals surface area contributed by atoms with E-state index in [1.807, 2.05) is 6.07 Å². The number of methoxy groups -OCH3 is 1. The summed E-state index contributed by atoms with van der Waals surface area (Å²) in [5.74, 6) is 0.137. The third-order valence-corrected chi connectivity index (χ3v) is 7.42. The predicted molar refractivity (Wildman–Crippen MR) is 141 cm³/mol. The molecule has 2 aromatic heterocycles. The molecule has 5 rings (SSSR count). The van der Waals surface area contributed by atoms with Gasteiger partial charge in [-0.3, -0.25) is 0 Å². The lowest BCUT2D eigenvalue weighted by molar-refractivity contribution is -0.141. The van der Waals surface area contributed by atoms with E-state index in [-0.39, 0.29) is 18.1 Å². The summed E-state index contributed by atoms with van der Waals surface area (Å²) < 4.78 is 49.5. The molecule has 3 heterocycles. The number of nitrogens with zero attached hydrogens (tertiary/aromatic N) is 3. The van der Waals surface area contributed by atoms with Crippen LogP contribution in [-0.4, -0.2) is 54.3 Å². The maximum Gasteiger partial charge on any atom is 0.433 e. The fourth-order valence-electron chi connectivity index (χ4n) is 5.44. The Balaban J connectivity index is 1.22. The Morgan fingerprint density at radius 2 is 1.87 bits per heavy atom. The van der Waals surface area contributed by atoms with Gasteiger partial charge in [-0.05, 0) is 49.9 Å². The quantitative estimate of drug-likeness (QED) is 0.376. The number of hydrogen-bond donors (Lipinski definition) is 2. The number of hydrogen-bond acceptors (Lipinski definition) is 8. The molecule has 2 N–H and O–H groups in total. The molecule has 1 aliphatic heterocycles. The van der Waals surface area contributed by atoms with Gasteiger partial charge in [0.2, 0.25) is 0 Å². The molecule has 11 heteroatoms. The Morgan fingerprint density at radius 3 is 2.62 bits per heavy atom. The molecule has 1 unspecified atom stereocenters. The fraction of sp³-hybridized carbons (Fsp3) is 0.464. The first-order valence-corrected chi connectivity index (χ1v) is 13.3. The summed E-state index contributed by atoms with van der Waals surface area (Å²) in [6, 6.07) is 10.5. The molecule has 1 saturated carbocycles. The molecule has 1 aromatic carbocycles. The summed E-state index contributed by atoms with van der Waals surface area (Å²) in [4.78, 5) is 22.0. The Kier molecular flexibility index (Phi) is 8.06. The van der Waals surface area contributed by atoms with Crippen LogP contribution in [0.4, 0.5) is 24.9 Å². The van der Waals surface area contributed by atoms with Crippen LogP contribution in [0.1, 0.15) is 54.6 Å². The number of oxazole rings is 1.